The number of nitrogens with one attached hydrogen (secondary N) is 1. The quantitative estimate of drug-likeness (QED) is 0.605. The van der Waals surface area contributed by atoms with E-state index in [-0.39, 0.29) is 5.82 Å². The summed E-state index contributed by atoms with van der Waals surface area (Å²) in [7, 11) is 0. The fourth-order valence-corrected chi connectivity index (χ4v) is 2.61. The van der Waals surface area contributed by atoms with Crippen LogP contribution < -0.4 is 0 Å². The van der Waals surface area contributed by atoms with Crippen LogP contribution in [0.25, 0.3) is 33.7 Å². The fraction of sp³-hybridized carbons (Fsp3) is 0.0556. The molecule has 0 saturated carbocycles. The van der Waals surface area contributed by atoms with E-state index in [0.29, 0.717) is 16.9 Å². The summed E-state index contributed by atoms with van der Waals surface area (Å²) in [5.74, 6) is 0.178. The minimum Gasteiger partial charge on any atom is -0.345 e. The fourth-order valence-electron chi connectivity index (χ4n) is 2.61. The van der Waals surface area contributed by atoms with Crippen molar-refractivity contribution in [2.24, 2.45) is 0 Å². The molecular formula is C18H13FN4. The van der Waals surface area contributed by atoms with Crippen molar-refractivity contribution in [3.63, 3.8) is 0 Å². The highest BCUT2D eigenvalue weighted by atomic mass is 19.1. The molecule has 0 spiro atoms. The van der Waals surface area contributed by atoms with Crippen LogP contribution in [0.1, 0.15) is 5.69 Å². The van der Waals surface area contributed by atoms with Crippen LogP contribution >= 0.6 is 0 Å². The molecule has 0 unspecified atom stereocenters. The van der Waals surface area contributed by atoms with Gasteiger partial charge in [-0.3, -0.25) is 0 Å². The van der Waals surface area contributed by atoms with Crippen molar-refractivity contribution in [1.29, 1.82) is 0 Å². The van der Waals surface area contributed by atoms with E-state index >= 15 is 0 Å². The molecule has 4 nitrogen and oxygen atoms in total. The van der Waals surface area contributed by atoms with Gasteiger partial charge in [-0.15, -0.1) is 0 Å². The van der Waals surface area contributed by atoms with Crippen molar-refractivity contribution in [3.05, 3.63) is 66.4 Å². The number of aromatic nitrogens is 4. The lowest BCUT2D eigenvalue weighted by Crippen LogP contribution is -1.94. The lowest BCUT2D eigenvalue weighted by molar-refractivity contribution is 0.624. The van der Waals surface area contributed by atoms with Crippen molar-refractivity contribution in [1.82, 2.24) is 19.9 Å². The molecule has 0 bridgehead atoms. The number of aromatic amines is 1. The zero-order valence-electron chi connectivity index (χ0n) is 12.4. The summed E-state index contributed by atoms with van der Waals surface area (Å²) in [6.45, 7) is 1.92. The molecule has 4 rings (SSSR count). The molecule has 23 heavy (non-hydrogen) atoms. The Labute approximate surface area is 132 Å². The van der Waals surface area contributed by atoms with Gasteiger partial charge in [0.15, 0.2) is 5.82 Å². The predicted octanol–water partition coefficient (Wildman–Crippen LogP) is 4.13. The Balaban J connectivity index is 1.91. The topological polar surface area (TPSA) is 54.5 Å². The van der Waals surface area contributed by atoms with Gasteiger partial charge in [0.25, 0.3) is 0 Å². The van der Waals surface area contributed by atoms with E-state index in [1.807, 2.05) is 43.3 Å². The molecule has 0 radical (unpaired) electrons. The molecule has 4 aromatic rings. The Morgan fingerprint density at radius 2 is 1.87 bits per heavy atom. The van der Waals surface area contributed by atoms with Gasteiger partial charge in [0.2, 0.25) is 0 Å². The second kappa shape index (κ2) is 5.28. The van der Waals surface area contributed by atoms with Crippen LogP contribution in [0.4, 0.5) is 4.39 Å². The van der Waals surface area contributed by atoms with Crippen LogP contribution in [0.5, 0.6) is 0 Å². The summed E-state index contributed by atoms with van der Waals surface area (Å²) < 4.78 is 13.5. The normalized spacial score (nSPS) is 11.0. The molecule has 3 heterocycles. The van der Waals surface area contributed by atoms with Gasteiger partial charge >= 0.3 is 0 Å². The maximum atomic E-state index is 13.5. The Hall–Kier alpha value is -3.08. The predicted molar refractivity (Wildman–Crippen MR) is 87.3 cm³/mol. The second-order valence-electron chi connectivity index (χ2n) is 5.34. The van der Waals surface area contributed by atoms with Gasteiger partial charge in [-0.05, 0) is 19.1 Å². The number of halogens is 1. The first kappa shape index (κ1) is 13.6. The molecule has 0 aliphatic rings. The highest BCUT2D eigenvalue weighted by Crippen LogP contribution is 2.28. The van der Waals surface area contributed by atoms with Crippen molar-refractivity contribution < 1.29 is 4.39 Å². The Morgan fingerprint density at radius 3 is 2.70 bits per heavy atom. The van der Waals surface area contributed by atoms with Gasteiger partial charge < -0.3 is 4.98 Å². The van der Waals surface area contributed by atoms with Crippen LogP contribution in [0.2, 0.25) is 0 Å². The van der Waals surface area contributed by atoms with Crippen molar-refractivity contribution in [2.45, 2.75) is 6.92 Å². The van der Waals surface area contributed by atoms with Crippen LogP contribution in [-0.4, -0.2) is 19.9 Å². The summed E-state index contributed by atoms with van der Waals surface area (Å²) in [4.78, 5) is 16.2. The van der Waals surface area contributed by atoms with E-state index in [1.54, 1.807) is 6.20 Å². The van der Waals surface area contributed by atoms with Crippen molar-refractivity contribution in [2.75, 3.05) is 0 Å². The number of rotatable bonds is 2. The average molecular weight is 304 g/mol. The summed E-state index contributed by atoms with van der Waals surface area (Å²) in [6.07, 6.45) is 2.95. The zero-order chi connectivity index (χ0) is 15.8. The van der Waals surface area contributed by atoms with Crippen molar-refractivity contribution in [3.8, 4) is 22.6 Å². The number of aryl methyl sites for hydroxylation is 1. The van der Waals surface area contributed by atoms with Crippen molar-refractivity contribution >= 4 is 11.0 Å². The van der Waals surface area contributed by atoms with Gasteiger partial charge in [0.05, 0.1) is 11.9 Å². The number of nitrogens with zero attached hydrogens (tertiary/aromatic N) is 3. The number of benzene rings is 1. The van der Waals surface area contributed by atoms with E-state index in [1.165, 1.54) is 12.3 Å². The number of hydrogen-bond acceptors (Lipinski definition) is 3. The van der Waals surface area contributed by atoms with Crippen LogP contribution in [-0.2, 0) is 0 Å². The standard InChI is InChI=1S/C18H13FN4/c1-11-7-16(12-5-3-2-4-6-12)23-18(22-11)15-10-21-17-14(15)8-13(19)9-20-17/h2-10H,1H3,(H,20,21). The number of hydrogen-bond donors (Lipinski definition) is 1. The average Bonchev–Trinajstić information content (AvgIpc) is 2.98. The molecule has 3 aromatic heterocycles. The number of pyridine rings is 1. The second-order valence-corrected chi connectivity index (χ2v) is 5.34. The lowest BCUT2D eigenvalue weighted by atomic mass is 10.1. The van der Waals surface area contributed by atoms with Gasteiger partial charge in [0.1, 0.15) is 11.5 Å². The zero-order valence-corrected chi connectivity index (χ0v) is 12.4. The van der Waals surface area contributed by atoms with E-state index in [2.05, 4.69) is 19.9 Å². The van der Waals surface area contributed by atoms with Crippen LogP contribution in [0, 0.1) is 12.7 Å². The SMILES string of the molecule is Cc1cc(-c2ccccc2)nc(-c2c[nH]c3ncc(F)cc23)n1. The molecule has 0 aliphatic carbocycles. The number of H-pyrrole nitrogens is 1. The Morgan fingerprint density at radius 1 is 1.04 bits per heavy atom. The molecule has 0 atom stereocenters. The Kier molecular flexibility index (Phi) is 3.12. The molecular weight excluding hydrogens is 291 g/mol. The highest BCUT2D eigenvalue weighted by molar-refractivity contribution is 5.91. The molecule has 112 valence electrons. The van der Waals surface area contributed by atoms with Gasteiger partial charge in [-0.2, -0.15) is 0 Å². The third-order valence-corrected chi connectivity index (χ3v) is 3.66. The van der Waals surface area contributed by atoms with Gasteiger partial charge in [0, 0.05) is 28.4 Å². The first-order valence-corrected chi connectivity index (χ1v) is 7.25. The molecule has 0 fully saturated rings. The summed E-state index contributed by atoms with van der Waals surface area (Å²) in [5, 5.41) is 0.676. The van der Waals surface area contributed by atoms with Crippen LogP contribution in [0.15, 0.2) is 54.9 Å². The molecule has 0 amide bonds. The first-order valence-electron chi connectivity index (χ1n) is 7.25. The van der Waals surface area contributed by atoms with E-state index in [9.17, 15) is 4.39 Å². The molecule has 1 N–H and O–H groups in total. The summed E-state index contributed by atoms with van der Waals surface area (Å²) in [6, 6.07) is 13.3. The maximum absolute atomic E-state index is 13.5. The maximum Gasteiger partial charge on any atom is 0.162 e. The summed E-state index contributed by atoms with van der Waals surface area (Å²) in [5.41, 5.74) is 4.07. The van der Waals surface area contributed by atoms with E-state index < -0.39 is 0 Å². The third-order valence-electron chi connectivity index (χ3n) is 3.66. The van der Waals surface area contributed by atoms with E-state index in [4.69, 9.17) is 0 Å². The Bertz CT molecular complexity index is 993. The smallest absolute Gasteiger partial charge is 0.162 e. The molecule has 5 heteroatoms. The lowest BCUT2D eigenvalue weighted by Gasteiger charge is -2.05. The minimum atomic E-state index is -0.380. The van der Waals surface area contributed by atoms with Gasteiger partial charge in [-0.25, -0.2) is 19.3 Å². The van der Waals surface area contributed by atoms with Crippen LogP contribution in [0.3, 0.4) is 0 Å². The minimum absolute atomic E-state index is 0.380. The largest absolute Gasteiger partial charge is 0.345 e. The monoisotopic (exact) mass is 304 g/mol. The summed E-state index contributed by atoms with van der Waals surface area (Å²) >= 11 is 0. The molecule has 0 aliphatic heterocycles. The highest BCUT2D eigenvalue weighted by Gasteiger charge is 2.12. The van der Waals surface area contributed by atoms with E-state index in [0.717, 1.165) is 22.5 Å². The molecule has 1 aromatic carbocycles. The molecule has 0 saturated heterocycles. The number of fused-ring (bicyclic) bond motifs is 1. The third kappa shape index (κ3) is 2.46. The first-order chi connectivity index (χ1) is 11.2. The van der Waals surface area contributed by atoms with Gasteiger partial charge in [-0.1, -0.05) is 30.3 Å².